The molecule has 1 aromatic rings. The van der Waals surface area contributed by atoms with Gasteiger partial charge in [-0.05, 0) is 36.7 Å². The number of halogens is 1. The summed E-state index contributed by atoms with van der Waals surface area (Å²) < 4.78 is 12.8. The largest absolute Gasteiger partial charge is 0.493 e. The van der Waals surface area contributed by atoms with Crippen molar-refractivity contribution in [2.45, 2.75) is 25.0 Å². The van der Waals surface area contributed by atoms with Crippen molar-refractivity contribution in [1.29, 1.82) is 0 Å². The first-order valence-electron chi connectivity index (χ1n) is 7.37. The maximum atomic E-state index is 5.89. The highest BCUT2D eigenvalue weighted by atomic mass is 79.9. The summed E-state index contributed by atoms with van der Waals surface area (Å²) in [7, 11) is 2.11. The minimum atomic E-state index is 0.0790. The number of nitrogens with one attached hydrogen (secondary N) is 1. The molecule has 0 bridgehead atoms. The van der Waals surface area contributed by atoms with E-state index in [1.54, 1.807) is 0 Å². The monoisotopic (exact) mass is 355 g/mol. The van der Waals surface area contributed by atoms with Gasteiger partial charge in [0.2, 0.25) is 0 Å². The molecule has 2 heterocycles. The van der Waals surface area contributed by atoms with Crippen LogP contribution in [0.2, 0.25) is 0 Å². The molecule has 2 atom stereocenters. The Morgan fingerprint density at radius 3 is 3.10 bits per heavy atom. The van der Waals surface area contributed by atoms with Gasteiger partial charge in [-0.25, -0.2) is 0 Å². The first kappa shape index (κ1) is 15.2. The van der Waals surface area contributed by atoms with Gasteiger partial charge in [0.1, 0.15) is 5.75 Å². The minimum absolute atomic E-state index is 0.0790. The van der Waals surface area contributed by atoms with Crippen LogP contribution in [-0.4, -0.2) is 50.4 Å². The van der Waals surface area contributed by atoms with E-state index in [1.807, 2.05) is 0 Å². The van der Waals surface area contributed by atoms with Crippen LogP contribution < -0.4 is 16.0 Å². The van der Waals surface area contributed by atoms with Crippen molar-refractivity contribution in [3.63, 3.8) is 0 Å². The van der Waals surface area contributed by atoms with Crippen LogP contribution in [0.15, 0.2) is 16.6 Å². The number of likely N-dealkylation sites (N-methyl/N-ethyl adjacent to an activating group) is 1. The lowest BCUT2D eigenvalue weighted by Gasteiger charge is -2.35. The summed E-state index contributed by atoms with van der Waals surface area (Å²) in [5.41, 5.74) is 5.40. The molecular weight excluding hydrogens is 334 g/mol. The van der Waals surface area contributed by atoms with Crippen LogP contribution >= 0.6 is 15.9 Å². The summed E-state index contributed by atoms with van der Waals surface area (Å²) in [5.74, 6) is 6.81. The topological polar surface area (TPSA) is 59.8 Å². The molecule has 21 heavy (non-hydrogen) atoms. The summed E-state index contributed by atoms with van der Waals surface area (Å²) >= 11 is 3.59. The van der Waals surface area contributed by atoms with Crippen LogP contribution in [-0.2, 0) is 17.6 Å². The number of nitrogens with zero attached hydrogens (tertiary/aromatic N) is 1. The first-order valence-corrected chi connectivity index (χ1v) is 8.17. The summed E-state index contributed by atoms with van der Waals surface area (Å²) in [6, 6.07) is 4.35. The molecule has 2 unspecified atom stereocenters. The summed E-state index contributed by atoms with van der Waals surface area (Å²) in [4.78, 5) is 2.28. The lowest BCUT2D eigenvalue weighted by molar-refractivity contribution is -0.0385. The van der Waals surface area contributed by atoms with E-state index in [9.17, 15) is 0 Å². The molecular formula is C15H22BrN3O2. The Hall–Kier alpha value is -0.660. The normalized spacial score (nSPS) is 23.7. The predicted molar refractivity (Wildman–Crippen MR) is 85.4 cm³/mol. The molecule has 116 valence electrons. The molecule has 0 spiro atoms. The Labute approximate surface area is 133 Å². The molecule has 1 aromatic carbocycles. The lowest BCUT2D eigenvalue weighted by atomic mass is 9.98. The maximum absolute atomic E-state index is 5.89. The van der Waals surface area contributed by atoms with E-state index in [4.69, 9.17) is 15.3 Å². The van der Waals surface area contributed by atoms with Crippen LogP contribution in [0.1, 0.15) is 11.1 Å². The van der Waals surface area contributed by atoms with Crippen molar-refractivity contribution in [3.05, 3.63) is 27.7 Å². The fourth-order valence-corrected chi connectivity index (χ4v) is 3.64. The Morgan fingerprint density at radius 2 is 2.33 bits per heavy atom. The highest BCUT2D eigenvalue weighted by molar-refractivity contribution is 9.10. The van der Waals surface area contributed by atoms with Gasteiger partial charge in [-0.2, -0.15) is 0 Å². The van der Waals surface area contributed by atoms with Gasteiger partial charge in [0.25, 0.3) is 0 Å². The Balaban J connectivity index is 1.78. The van der Waals surface area contributed by atoms with Crippen molar-refractivity contribution in [2.24, 2.45) is 5.84 Å². The van der Waals surface area contributed by atoms with Crippen LogP contribution in [0.25, 0.3) is 0 Å². The molecule has 0 aliphatic carbocycles. The fourth-order valence-electron chi connectivity index (χ4n) is 3.09. The number of rotatable bonds is 4. The number of fused-ring (bicyclic) bond motifs is 1. The first-order chi connectivity index (χ1) is 10.2. The molecule has 5 nitrogen and oxygen atoms in total. The van der Waals surface area contributed by atoms with Crippen LogP contribution in [0.4, 0.5) is 0 Å². The molecule has 1 saturated heterocycles. The van der Waals surface area contributed by atoms with Crippen LogP contribution in [0, 0.1) is 0 Å². The molecule has 6 heteroatoms. The molecule has 2 aliphatic heterocycles. The van der Waals surface area contributed by atoms with Crippen LogP contribution in [0.3, 0.4) is 0 Å². The van der Waals surface area contributed by atoms with Gasteiger partial charge in [0.15, 0.2) is 0 Å². The lowest BCUT2D eigenvalue weighted by Crippen LogP contribution is -2.54. The van der Waals surface area contributed by atoms with E-state index in [1.165, 1.54) is 11.1 Å². The van der Waals surface area contributed by atoms with E-state index in [0.717, 1.165) is 49.4 Å². The maximum Gasteiger partial charge on any atom is 0.125 e. The van der Waals surface area contributed by atoms with E-state index in [2.05, 4.69) is 45.4 Å². The molecule has 1 fully saturated rings. The van der Waals surface area contributed by atoms with Crippen molar-refractivity contribution < 1.29 is 9.47 Å². The smallest absolute Gasteiger partial charge is 0.125 e. The van der Waals surface area contributed by atoms with E-state index in [-0.39, 0.29) is 12.1 Å². The number of ether oxygens (including phenoxy) is 2. The summed E-state index contributed by atoms with van der Waals surface area (Å²) in [6.45, 7) is 3.39. The highest BCUT2D eigenvalue weighted by Crippen LogP contribution is 2.34. The van der Waals surface area contributed by atoms with Gasteiger partial charge in [-0.15, -0.1) is 0 Å². The number of benzene rings is 1. The van der Waals surface area contributed by atoms with E-state index >= 15 is 0 Å². The van der Waals surface area contributed by atoms with Gasteiger partial charge in [0.05, 0.1) is 25.4 Å². The van der Waals surface area contributed by atoms with Gasteiger partial charge < -0.3 is 14.4 Å². The quantitative estimate of drug-likeness (QED) is 0.625. The second-order valence-electron chi connectivity index (χ2n) is 5.80. The average Bonchev–Trinajstić information content (AvgIpc) is 2.92. The second-order valence-corrected chi connectivity index (χ2v) is 6.72. The number of hydrazine groups is 1. The minimum Gasteiger partial charge on any atom is -0.493 e. The zero-order chi connectivity index (χ0) is 14.8. The molecule has 3 rings (SSSR count). The fraction of sp³-hybridized carbons (Fsp3) is 0.600. The van der Waals surface area contributed by atoms with Gasteiger partial charge in [0, 0.05) is 24.0 Å². The summed E-state index contributed by atoms with van der Waals surface area (Å²) in [6.07, 6.45) is 1.88. The molecule has 0 saturated carbocycles. The zero-order valence-corrected chi connectivity index (χ0v) is 13.9. The van der Waals surface area contributed by atoms with E-state index < -0.39 is 0 Å². The van der Waals surface area contributed by atoms with Crippen molar-refractivity contribution in [3.8, 4) is 5.75 Å². The second kappa shape index (κ2) is 6.62. The third-order valence-electron chi connectivity index (χ3n) is 4.22. The van der Waals surface area contributed by atoms with Crippen molar-refractivity contribution in [2.75, 3.05) is 33.4 Å². The van der Waals surface area contributed by atoms with Crippen LogP contribution in [0.5, 0.6) is 5.75 Å². The molecule has 3 N–H and O–H groups in total. The van der Waals surface area contributed by atoms with E-state index in [0.29, 0.717) is 0 Å². The third kappa shape index (κ3) is 3.40. The Bertz CT molecular complexity index is 512. The molecule has 0 amide bonds. The third-order valence-corrected chi connectivity index (χ3v) is 4.68. The molecule has 0 aromatic heterocycles. The number of hydrogen-bond donors (Lipinski definition) is 2. The summed E-state index contributed by atoms with van der Waals surface area (Å²) in [5, 5.41) is 0. The highest BCUT2D eigenvalue weighted by Gasteiger charge is 2.28. The molecule has 2 aliphatic rings. The number of morpholine rings is 1. The van der Waals surface area contributed by atoms with Gasteiger partial charge in [-0.3, -0.25) is 11.3 Å². The van der Waals surface area contributed by atoms with Gasteiger partial charge >= 0.3 is 0 Å². The Kier molecular flexibility index (Phi) is 4.81. The van der Waals surface area contributed by atoms with Crippen molar-refractivity contribution >= 4 is 15.9 Å². The SMILES string of the molecule is CN1CCOC(C(Cc2cc(Br)cc3c2OCC3)NN)C1. The average molecular weight is 356 g/mol. The number of hydrogen-bond acceptors (Lipinski definition) is 5. The predicted octanol–water partition coefficient (Wildman–Crippen LogP) is 1.09. The van der Waals surface area contributed by atoms with Gasteiger partial charge in [-0.1, -0.05) is 15.9 Å². The Morgan fingerprint density at radius 1 is 1.48 bits per heavy atom. The zero-order valence-electron chi connectivity index (χ0n) is 12.3. The standard InChI is InChI=1S/C15H22BrN3O2/c1-19-3-5-20-14(9-19)13(18-17)8-11-7-12(16)6-10-2-4-21-15(10)11/h6-7,13-14,18H,2-5,8-9,17H2,1H3. The van der Waals surface area contributed by atoms with Crippen molar-refractivity contribution in [1.82, 2.24) is 10.3 Å². The molecule has 0 radical (unpaired) electrons. The number of nitrogens with two attached hydrogens (primary N) is 1.